The van der Waals surface area contributed by atoms with Gasteiger partial charge in [0.05, 0.1) is 17.0 Å². The molecule has 0 saturated heterocycles. The average Bonchev–Trinajstić information content (AvgIpc) is 3.13. The van der Waals surface area contributed by atoms with Gasteiger partial charge in [-0.25, -0.2) is 4.79 Å². The Morgan fingerprint density at radius 1 is 1.15 bits per heavy atom. The fraction of sp³-hybridized carbons (Fsp3) is 0.200. The van der Waals surface area contributed by atoms with E-state index in [4.69, 9.17) is 4.74 Å². The third-order valence-corrected chi connectivity index (χ3v) is 4.51. The monoisotopic (exact) mass is 378 g/mol. The second-order valence-corrected chi connectivity index (χ2v) is 6.69. The van der Waals surface area contributed by atoms with E-state index in [0.29, 0.717) is 16.5 Å². The number of aryl methyl sites for hydroxylation is 2. The zero-order valence-corrected chi connectivity index (χ0v) is 15.9. The van der Waals surface area contributed by atoms with Gasteiger partial charge in [-0.2, -0.15) is 4.68 Å². The molecule has 1 heterocycles. The standard InChI is InChI=1S/C20H18N4O2S/c1-15-8-7-10-17(14-15)19(25)26-12-5-6-13-27-20-21-22-23-24(20)18-11-4-3-9-16(18)2/h3-4,7-11,14H,12-13H2,1-2H3. The lowest BCUT2D eigenvalue weighted by Crippen LogP contribution is -2.05. The molecule has 0 amide bonds. The normalized spacial score (nSPS) is 10.1. The molecule has 7 heteroatoms. The van der Waals surface area contributed by atoms with Gasteiger partial charge in [0.15, 0.2) is 6.61 Å². The minimum absolute atomic E-state index is 0.0517. The molecule has 0 spiro atoms. The van der Waals surface area contributed by atoms with Gasteiger partial charge < -0.3 is 4.74 Å². The maximum absolute atomic E-state index is 11.9. The van der Waals surface area contributed by atoms with Crippen LogP contribution in [0.2, 0.25) is 0 Å². The Bertz CT molecular complexity index is 1000. The van der Waals surface area contributed by atoms with E-state index in [1.165, 1.54) is 11.8 Å². The number of para-hydroxylation sites is 1. The number of esters is 1. The zero-order valence-electron chi connectivity index (χ0n) is 15.0. The molecule has 0 unspecified atom stereocenters. The highest BCUT2D eigenvalue weighted by atomic mass is 32.2. The van der Waals surface area contributed by atoms with Gasteiger partial charge >= 0.3 is 5.97 Å². The van der Waals surface area contributed by atoms with Gasteiger partial charge in [0.25, 0.3) is 0 Å². The summed E-state index contributed by atoms with van der Waals surface area (Å²) in [5.41, 5.74) is 3.56. The summed E-state index contributed by atoms with van der Waals surface area (Å²) >= 11 is 1.43. The number of carbonyl (C=O) groups excluding carboxylic acids is 1. The SMILES string of the molecule is Cc1cccc(C(=O)OCC#CCSc2nnnn2-c2ccccc2C)c1. The lowest BCUT2D eigenvalue weighted by molar-refractivity contribution is 0.0556. The predicted octanol–water partition coefficient (Wildman–Crippen LogP) is 3.23. The van der Waals surface area contributed by atoms with Gasteiger partial charge in [0.1, 0.15) is 0 Å². The minimum atomic E-state index is -0.371. The zero-order chi connectivity index (χ0) is 19.1. The quantitative estimate of drug-likeness (QED) is 0.386. The van der Waals surface area contributed by atoms with Crippen LogP contribution in [0.4, 0.5) is 0 Å². The first-order valence-corrected chi connectivity index (χ1v) is 9.30. The number of hydrogen-bond acceptors (Lipinski definition) is 6. The molecule has 2 aromatic carbocycles. The van der Waals surface area contributed by atoms with Crippen LogP contribution in [0.5, 0.6) is 0 Å². The number of ether oxygens (including phenoxy) is 1. The van der Waals surface area contributed by atoms with Crippen molar-refractivity contribution in [2.45, 2.75) is 19.0 Å². The van der Waals surface area contributed by atoms with Gasteiger partial charge in [-0.15, -0.1) is 5.10 Å². The summed E-state index contributed by atoms with van der Waals surface area (Å²) in [6.45, 7) is 3.99. The fourth-order valence-electron chi connectivity index (χ4n) is 2.38. The van der Waals surface area contributed by atoms with Crippen LogP contribution in [0.1, 0.15) is 21.5 Å². The number of benzene rings is 2. The Morgan fingerprint density at radius 2 is 2.00 bits per heavy atom. The molecule has 0 aliphatic carbocycles. The van der Waals surface area contributed by atoms with Gasteiger partial charge in [0.2, 0.25) is 5.16 Å². The van der Waals surface area contributed by atoms with Crippen molar-refractivity contribution in [1.82, 2.24) is 20.2 Å². The van der Waals surface area contributed by atoms with Crippen LogP contribution in [0, 0.1) is 25.7 Å². The second-order valence-electron chi connectivity index (χ2n) is 5.75. The van der Waals surface area contributed by atoms with Crippen molar-refractivity contribution >= 4 is 17.7 Å². The van der Waals surface area contributed by atoms with Crippen molar-refractivity contribution in [1.29, 1.82) is 0 Å². The first-order chi connectivity index (χ1) is 13.1. The summed E-state index contributed by atoms with van der Waals surface area (Å²) < 4.78 is 6.86. The number of aromatic nitrogens is 4. The van der Waals surface area contributed by atoms with E-state index in [2.05, 4.69) is 27.4 Å². The maximum Gasteiger partial charge on any atom is 0.339 e. The largest absolute Gasteiger partial charge is 0.449 e. The predicted molar refractivity (Wildman–Crippen MR) is 104 cm³/mol. The molecular formula is C20H18N4O2S. The summed E-state index contributed by atoms with van der Waals surface area (Å²) in [5.74, 6) is 5.93. The van der Waals surface area contributed by atoms with Crippen molar-refractivity contribution in [3.05, 3.63) is 65.2 Å². The molecule has 0 fully saturated rings. The van der Waals surface area contributed by atoms with Crippen LogP contribution >= 0.6 is 11.8 Å². The lowest BCUT2D eigenvalue weighted by Gasteiger charge is -2.05. The van der Waals surface area contributed by atoms with Crippen LogP contribution < -0.4 is 0 Å². The topological polar surface area (TPSA) is 69.9 Å². The average molecular weight is 378 g/mol. The highest BCUT2D eigenvalue weighted by Crippen LogP contribution is 2.19. The Balaban J connectivity index is 1.51. The van der Waals surface area contributed by atoms with Gasteiger partial charge in [-0.05, 0) is 48.0 Å². The van der Waals surface area contributed by atoms with Crippen LogP contribution in [0.3, 0.4) is 0 Å². The van der Waals surface area contributed by atoms with Crippen molar-refractivity contribution in [3.8, 4) is 17.5 Å². The Labute approximate surface area is 161 Å². The molecule has 27 heavy (non-hydrogen) atoms. The molecule has 3 rings (SSSR count). The summed E-state index contributed by atoms with van der Waals surface area (Å²) in [5, 5.41) is 12.5. The molecular weight excluding hydrogens is 360 g/mol. The fourth-order valence-corrected chi connectivity index (χ4v) is 3.04. The third-order valence-electron chi connectivity index (χ3n) is 3.71. The van der Waals surface area contributed by atoms with Gasteiger partial charge in [-0.1, -0.05) is 59.5 Å². The lowest BCUT2D eigenvalue weighted by atomic mass is 10.1. The first kappa shape index (κ1) is 18.7. The van der Waals surface area contributed by atoms with Gasteiger partial charge in [-0.3, -0.25) is 0 Å². The van der Waals surface area contributed by atoms with Crippen LogP contribution in [-0.2, 0) is 4.74 Å². The molecule has 1 aromatic heterocycles. The number of hydrogen-bond donors (Lipinski definition) is 0. The highest BCUT2D eigenvalue weighted by Gasteiger charge is 2.10. The molecule has 0 atom stereocenters. The van der Waals surface area contributed by atoms with E-state index in [1.807, 2.05) is 50.2 Å². The van der Waals surface area contributed by atoms with E-state index >= 15 is 0 Å². The molecule has 0 bridgehead atoms. The second kappa shape index (κ2) is 9.01. The van der Waals surface area contributed by atoms with Gasteiger partial charge in [0, 0.05) is 0 Å². The molecule has 136 valence electrons. The minimum Gasteiger partial charge on any atom is -0.449 e. The van der Waals surface area contributed by atoms with Crippen molar-refractivity contribution in [2.24, 2.45) is 0 Å². The van der Waals surface area contributed by atoms with Crippen molar-refractivity contribution < 1.29 is 9.53 Å². The smallest absolute Gasteiger partial charge is 0.339 e. The third kappa shape index (κ3) is 4.96. The molecule has 0 N–H and O–H groups in total. The summed E-state index contributed by atoms with van der Waals surface area (Å²) in [7, 11) is 0. The number of thioether (sulfide) groups is 1. The maximum atomic E-state index is 11.9. The Morgan fingerprint density at radius 3 is 2.81 bits per heavy atom. The number of carbonyl (C=O) groups is 1. The van der Waals surface area contributed by atoms with Crippen LogP contribution in [0.25, 0.3) is 5.69 Å². The van der Waals surface area contributed by atoms with Crippen LogP contribution in [0.15, 0.2) is 53.7 Å². The molecule has 0 aliphatic heterocycles. The molecule has 0 radical (unpaired) electrons. The van der Waals surface area contributed by atoms with E-state index in [0.717, 1.165) is 16.8 Å². The summed E-state index contributed by atoms with van der Waals surface area (Å²) in [4.78, 5) is 11.9. The summed E-state index contributed by atoms with van der Waals surface area (Å²) in [6, 6.07) is 15.2. The molecule has 0 aliphatic rings. The molecule has 6 nitrogen and oxygen atoms in total. The molecule has 3 aromatic rings. The highest BCUT2D eigenvalue weighted by molar-refractivity contribution is 7.99. The number of nitrogens with zero attached hydrogens (tertiary/aromatic N) is 4. The van der Waals surface area contributed by atoms with Crippen molar-refractivity contribution in [3.63, 3.8) is 0 Å². The number of tetrazole rings is 1. The van der Waals surface area contributed by atoms with E-state index in [-0.39, 0.29) is 12.6 Å². The van der Waals surface area contributed by atoms with E-state index < -0.39 is 0 Å². The van der Waals surface area contributed by atoms with E-state index in [9.17, 15) is 4.79 Å². The summed E-state index contributed by atoms with van der Waals surface area (Å²) in [6.07, 6.45) is 0. The molecule has 0 saturated carbocycles. The van der Waals surface area contributed by atoms with E-state index in [1.54, 1.807) is 16.8 Å². The number of rotatable bonds is 5. The Kier molecular flexibility index (Phi) is 6.23. The van der Waals surface area contributed by atoms with Crippen molar-refractivity contribution in [2.75, 3.05) is 12.4 Å². The first-order valence-electron chi connectivity index (χ1n) is 8.32. The Hall–Kier alpha value is -3.11. The van der Waals surface area contributed by atoms with Crippen LogP contribution in [-0.4, -0.2) is 38.5 Å².